The van der Waals surface area contributed by atoms with E-state index in [-0.39, 0.29) is 20.9 Å². The van der Waals surface area contributed by atoms with E-state index in [1.54, 1.807) is 0 Å². The molecule has 0 unspecified atom stereocenters. The quantitative estimate of drug-likeness (QED) is 0.605. The van der Waals surface area contributed by atoms with Gasteiger partial charge in [0.05, 0.1) is 0 Å². The fourth-order valence-electron chi connectivity index (χ4n) is 0.858. The number of unbranched alkanes of at least 4 members (excludes halogenated alkanes) is 1. The van der Waals surface area contributed by atoms with Crippen LogP contribution in [-0.2, 0) is 0 Å². The molecule has 0 saturated heterocycles. The summed E-state index contributed by atoms with van der Waals surface area (Å²) < 4.78 is 2.75. The average Bonchev–Trinajstić information content (AvgIpc) is 2.14. The molecule has 0 heterocycles. The Morgan fingerprint density at radius 3 is 2.67 bits per heavy atom. The molecule has 0 aliphatic rings. The fraction of sp³-hybridized carbons (Fsp3) is 0.300. The summed E-state index contributed by atoms with van der Waals surface area (Å²) in [6.07, 6.45) is 1.80. The van der Waals surface area contributed by atoms with Gasteiger partial charge in [0.25, 0.3) is 0 Å². The Balaban J connectivity index is 2.21. The minimum atomic E-state index is -0.00716. The summed E-state index contributed by atoms with van der Waals surface area (Å²) >= 11 is -0.00716. The molecule has 0 fully saturated rings. The Hall–Kier alpha value is -0.500. The minimum absolute atomic E-state index is 0.00716. The molecular formula is C10H11NTe. The summed E-state index contributed by atoms with van der Waals surface area (Å²) in [7, 11) is 0. The van der Waals surface area contributed by atoms with E-state index in [9.17, 15) is 0 Å². The zero-order valence-corrected chi connectivity index (χ0v) is 9.19. The van der Waals surface area contributed by atoms with E-state index >= 15 is 0 Å². The monoisotopic (exact) mass is 275 g/mol. The molecule has 12 heavy (non-hydrogen) atoms. The van der Waals surface area contributed by atoms with Crippen molar-refractivity contribution < 1.29 is 0 Å². The van der Waals surface area contributed by atoms with Crippen molar-refractivity contribution in [2.24, 2.45) is 0 Å². The molecule has 1 aromatic rings. The van der Waals surface area contributed by atoms with Crippen LogP contribution in [0.3, 0.4) is 0 Å². The maximum absolute atomic E-state index is 8.33. The van der Waals surface area contributed by atoms with Gasteiger partial charge in [0.2, 0.25) is 0 Å². The Kier molecular flexibility index (Phi) is 4.84. The van der Waals surface area contributed by atoms with Gasteiger partial charge in [-0.3, -0.25) is 0 Å². The summed E-state index contributed by atoms with van der Waals surface area (Å²) in [5.74, 6) is 0. The summed E-state index contributed by atoms with van der Waals surface area (Å²) in [6.45, 7) is 0. The van der Waals surface area contributed by atoms with Crippen LogP contribution in [0.5, 0.6) is 0 Å². The van der Waals surface area contributed by atoms with Gasteiger partial charge in [-0.2, -0.15) is 0 Å². The second-order valence-electron chi connectivity index (χ2n) is 2.42. The van der Waals surface area contributed by atoms with Crippen LogP contribution < -0.4 is 3.61 Å². The molecule has 0 aliphatic carbocycles. The predicted octanol–water partition coefficient (Wildman–Crippen LogP) is 1.74. The predicted molar refractivity (Wildman–Crippen MR) is 51.5 cm³/mol. The Morgan fingerprint density at radius 2 is 2.00 bits per heavy atom. The fourth-order valence-corrected chi connectivity index (χ4v) is 3.35. The molecule has 1 aromatic carbocycles. The van der Waals surface area contributed by atoms with Gasteiger partial charge < -0.3 is 0 Å². The Morgan fingerprint density at radius 1 is 1.25 bits per heavy atom. The molecule has 0 aliphatic heterocycles. The van der Waals surface area contributed by atoms with Crippen LogP contribution in [0.4, 0.5) is 0 Å². The Bertz CT molecular complexity index is 250. The standard InChI is InChI=1S/C10H11NTe/c11-8-4-5-9-12-10-6-2-1-3-7-10/h1-3,6-7H,4-5,9H2. The molecule has 0 radical (unpaired) electrons. The van der Waals surface area contributed by atoms with E-state index in [1.165, 1.54) is 8.08 Å². The van der Waals surface area contributed by atoms with Crippen LogP contribution in [0.25, 0.3) is 0 Å². The molecular weight excluding hydrogens is 262 g/mol. The van der Waals surface area contributed by atoms with Crippen molar-refractivity contribution in [2.45, 2.75) is 17.3 Å². The summed E-state index contributed by atoms with van der Waals surface area (Å²) in [5, 5.41) is 8.33. The van der Waals surface area contributed by atoms with Crippen molar-refractivity contribution in [1.82, 2.24) is 0 Å². The van der Waals surface area contributed by atoms with E-state index in [0.29, 0.717) is 0 Å². The van der Waals surface area contributed by atoms with Crippen LogP contribution in [0.15, 0.2) is 30.3 Å². The molecule has 0 aromatic heterocycles. The van der Waals surface area contributed by atoms with E-state index in [1.807, 2.05) is 6.07 Å². The van der Waals surface area contributed by atoms with Crippen molar-refractivity contribution in [1.29, 1.82) is 5.26 Å². The third-order valence-electron chi connectivity index (χ3n) is 1.44. The van der Waals surface area contributed by atoms with Gasteiger partial charge in [-0.05, 0) is 0 Å². The van der Waals surface area contributed by atoms with Crippen LogP contribution in [-0.4, -0.2) is 20.9 Å². The molecule has 0 bridgehead atoms. The van der Waals surface area contributed by atoms with Gasteiger partial charge in [-0.25, -0.2) is 0 Å². The van der Waals surface area contributed by atoms with Crippen molar-refractivity contribution in [3.05, 3.63) is 30.3 Å². The van der Waals surface area contributed by atoms with E-state index in [4.69, 9.17) is 5.26 Å². The summed E-state index contributed by atoms with van der Waals surface area (Å²) in [4.78, 5) is 0. The first-order valence-corrected chi connectivity index (χ1v) is 6.79. The van der Waals surface area contributed by atoms with Gasteiger partial charge in [-0.15, -0.1) is 0 Å². The number of benzene rings is 1. The molecule has 2 heteroatoms. The van der Waals surface area contributed by atoms with Gasteiger partial charge in [-0.1, -0.05) is 0 Å². The molecule has 0 spiro atoms. The zero-order valence-electron chi connectivity index (χ0n) is 6.86. The Labute approximate surface area is 83.5 Å². The number of rotatable bonds is 4. The number of nitrogens with zero attached hydrogens (tertiary/aromatic N) is 1. The molecule has 62 valence electrons. The van der Waals surface area contributed by atoms with Crippen molar-refractivity contribution in [3.63, 3.8) is 0 Å². The normalized spacial score (nSPS) is 9.25. The number of hydrogen-bond acceptors (Lipinski definition) is 1. The van der Waals surface area contributed by atoms with Crippen LogP contribution in [0.2, 0.25) is 4.47 Å². The van der Waals surface area contributed by atoms with Crippen molar-refractivity contribution in [3.8, 4) is 6.07 Å². The molecule has 0 amide bonds. The second-order valence-corrected chi connectivity index (χ2v) is 5.76. The van der Waals surface area contributed by atoms with E-state index in [0.717, 1.165) is 12.8 Å². The topological polar surface area (TPSA) is 23.8 Å². The first-order valence-electron chi connectivity index (χ1n) is 3.98. The van der Waals surface area contributed by atoms with Crippen molar-refractivity contribution in [2.75, 3.05) is 0 Å². The molecule has 1 nitrogen and oxygen atoms in total. The van der Waals surface area contributed by atoms with E-state index < -0.39 is 0 Å². The summed E-state index contributed by atoms with van der Waals surface area (Å²) in [5.41, 5.74) is 0. The molecule has 1 rings (SSSR count). The third kappa shape index (κ3) is 3.77. The van der Waals surface area contributed by atoms with Crippen LogP contribution >= 0.6 is 0 Å². The molecule has 0 N–H and O–H groups in total. The zero-order chi connectivity index (χ0) is 8.65. The molecule has 0 saturated carbocycles. The number of hydrogen-bond donors (Lipinski definition) is 0. The second kappa shape index (κ2) is 6.06. The SMILES string of the molecule is N#CCCC[Te]c1ccccc1. The van der Waals surface area contributed by atoms with Crippen LogP contribution in [0.1, 0.15) is 12.8 Å². The van der Waals surface area contributed by atoms with Gasteiger partial charge in [0, 0.05) is 0 Å². The third-order valence-corrected chi connectivity index (χ3v) is 4.58. The van der Waals surface area contributed by atoms with Gasteiger partial charge in [0.1, 0.15) is 0 Å². The maximum atomic E-state index is 8.33. The van der Waals surface area contributed by atoms with Crippen molar-refractivity contribution >= 4 is 24.5 Å². The van der Waals surface area contributed by atoms with Gasteiger partial charge in [0.15, 0.2) is 0 Å². The molecule has 0 atom stereocenters. The van der Waals surface area contributed by atoms with Crippen LogP contribution in [0, 0.1) is 11.3 Å². The average molecular weight is 273 g/mol. The summed E-state index contributed by atoms with van der Waals surface area (Å²) in [6, 6.07) is 12.8. The van der Waals surface area contributed by atoms with E-state index in [2.05, 4.69) is 30.3 Å². The first-order chi connectivity index (χ1) is 5.93. The van der Waals surface area contributed by atoms with Gasteiger partial charge >= 0.3 is 83.5 Å². The first kappa shape index (κ1) is 9.59. The number of nitriles is 1.